The van der Waals surface area contributed by atoms with Crippen LogP contribution in [0.25, 0.3) is 0 Å². The van der Waals surface area contributed by atoms with E-state index in [4.69, 9.17) is 16.3 Å². The number of hydrogen-bond donors (Lipinski definition) is 0. The average Bonchev–Trinajstić information content (AvgIpc) is 2.51. The highest BCUT2D eigenvalue weighted by atomic mass is 35.5. The van der Waals surface area contributed by atoms with Gasteiger partial charge in [-0.05, 0) is 24.3 Å². The van der Waals surface area contributed by atoms with Crippen LogP contribution in [-0.2, 0) is 4.79 Å². The molecule has 0 bridgehead atoms. The van der Waals surface area contributed by atoms with Crippen molar-refractivity contribution in [3.05, 3.63) is 29.3 Å². The number of amides is 1. The molecule has 1 aliphatic rings. The zero-order valence-electron chi connectivity index (χ0n) is 13.3. The van der Waals surface area contributed by atoms with E-state index < -0.39 is 0 Å². The molecule has 1 amide bonds. The maximum absolute atomic E-state index is 11.7. The minimum absolute atomic E-state index is 0.166. The summed E-state index contributed by atoms with van der Waals surface area (Å²) in [5.41, 5.74) is 0. The van der Waals surface area contributed by atoms with E-state index in [2.05, 4.69) is 9.80 Å². The number of carbonyl (C=O) groups is 1. The van der Waals surface area contributed by atoms with Crippen molar-refractivity contribution in [2.45, 2.75) is 0 Å². The molecule has 1 aromatic carbocycles. The highest BCUT2D eigenvalue weighted by Gasteiger charge is 2.19. The van der Waals surface area contributed by atoms with E-state index >= 15 is 0 Å². The molecule has 0 unspecified atom stereocenters. The van der Waals surface area contributed by atoms with E-state index in [0.717, 1.165) is 43.5 Å². The number of carbonyl (C=O) groups excluding carboxylic acids is 1. The Morgan fingerprint density at radius 1 is 1.14 bits per heavy atom. The minimum atomic E-state index is 0.166. The van der Waals surface area contributed by atoms with Crippen molar-refractivity contribution in [3.8, 4) is 5.75 Å². The van der Waals surface area contributed by atoms with Crippen molar-refractivity contribution >= 4 is 17.5 Å². The van der Waals surface area contributed by atoms with Crippen LogP contribution in [0.15, 0.2) is 24.3 Å². The van der Waals surface area contributed by atoms with Crippen molar-refractivity contribution in [1.29, 1.82) is 0 Å². The Hall–Kier alpha value is -1.30. The Bertz CT molecular complexity index is 471. The van der Waals surface area contributed by atoms with Crippen molar-refractivity contribution in [3.63, 3.8) is 0 Å². The SMILES string of the molecule is CN(C)C(=O)CN1CCN(CCOc2ccc(Cl)cc2)CC1. The lowest BCUT2D eigenvalue weighted by atomic mass is 10.3. The van der Waals surface area contributed by atoms with Crippen LogP contribution < -0.4 is 4.74 Å². The molecular formula is C16H24ClN3O2. The number of ether oxygens (including phenoxy) is 1. The van der Waals surface area contributed by atoms with Crippen LogP contribution in [0.4, 0.5) is 0 Å². The Kier molecular flexibility index (Phi) is 6.49. The smallest absolute Gasteiger partial charge is 0.236 e. The van der Waals surface area contributed by atoms with E-state index in [1.54, 1.807) is 19.0 Å². The zero-order valence-corrected chi connectivity index (χ0v) is 14.1. The molecule has 1 aromatic rings. The lowest BCUT2D eigenvalue weighted by molar-refractivity contribution is -0.130. The number of hydrogen-bond acceptors (Lipinski definition) is 4. The van der Waals surface area contributed by atoms with Gasteiger partial charge in [0.25, 0.3) is 0 Å². The second kappa shape index (κ2) is 8.36. The molecule has 0 atom stereocenters. The molecule has 0 saturated carbocycles. The van der Waals surface area contributed by atoms with Gasteiger partial charge < -0.3 is 9.64 Å². The molecule has 5 nitrogen and oxygen atoms in total. The summed E-state index contributed by atoms with van der Waals surface area (Å²) in [6, 6.07) is 7.43. The number of rotatable bonds is 6. The molecule has 0 aromatic heterocycles. The van der Waals surface area contributed by atoms with Gasteiger partial charge in [-0.2, -0.15) is 0 Å². The van der Waals surface area contributed by atoms with Crippen LogP contribution >= 0.6 is 11.6 Å². The molecule has 1 heterocycles. The molecular weight excluding hydrogens is 302 g/mol. The van der Waals surface area contributed by atoms with Crippen LogP contribution in [0.3, 0.4) is 0 Å². The third-order valence-corrected chi connectivity index (χ3v) is 4.06. The summed E-state index contributed by atoms with van der Waals surface area (Å²) in [4.78, 5) is 17.9. The summed E-state index contributed by atoms with van der Waals surface area (Å²) in [6.07, 6.45) is 0. The van der Waals surface area contributed by atoms with Gasteiger partial charge in [0.05, 0.1) is 6.54 Å². The van der Waals surface area contributed by atoms with E-state index in [1.807, 2.05) is 24.3 Å². The summed E-state index contributed by atoms with van der Waals surface area (Å²) in [5, 5.41) is 0.718. The lowest BCUT2D eigenvalue weighted by Crippen LogP contribution is -2.50. The summed E-state index contributed by atoms with van der Waals surface area (Å²) < 4.78 is 5.71. The lowest BCUT2D eigenvalue weighted by Gasteiger charge is -2.34. The van der Waals surface area contributed by atoms with Crippen molar-refractivity contribution in [2.24, 2.45) is 0 Å². The number of benzene rings is 1. The number of nitrogens with zero attached hydrogens (tertiary/aromatic N) is 3. The molecule has 2 rings (SSSR count). The minimum Gasteiger partial charge on any atom is -0.492 e. The topological polar surface area (TPSA) is 36.0 Å². The van der Waals surface area contributed by atoms with E-state index in [1.165, 1.54) is 0 Å². The fourth-order valence-electron chi connectivity index (χ4n) is 2.33. The summed E-state index contributed by atoms with van der Waals surface area (Å²) >= 11 is 5.84. The van der Waals surface area contributed by atoms with Crippen LogP contribution in [0, 0.1) is 0 Å². The number of likely N-dealkylation sites (N-methyl/N-ethyl adjacent to an activating group) is 1. The van der Waals surface area contributed by atoms with Gasteiger partial charge in [0.15, 0.2) is 0 Å². The Morgan fingerprint density at radius 3 is 2.32 bits per heavy atom. The van der Waals surface area contributed by atoms with Crippen molar-refractivity contribution in [1.82, 2.24) is 14.7 Å². The second-order valence-corrected chi connectivity index (χ2v) is 6.14. The highest BCUT2D eigenvalue weighted by molar-refractivity contribution is 6.30. The fourth-order valence-corrected chi connectivity index (χ4v) is 2.45. The molecule has 0 aliphatic carbocycles. The molecule has 6 heteroatoms. The maximum atomic E-state index is 11.7. The first-order valence-electron chi connectivity index (χ1n) is 7.58. The first-order chi connectivity index (χ1) is 10.5. The Labute approximate surface area is 137 Å². The van der Waals surface area contributed by atoms with Gasteiger partial charge in [-0.1, -0.05) is 11.6 Å². The second-order valence-electron chi connectivity index (χ2n) is 5.71. The first-order valence-corrected chi connectivity index (χ1v) is 7.95. The van der Waals surface area contributed by atoms with Crippen molar-refractivity contribution < 1.29 is 9.53 Å². The number of piperazine rings is 1. The van der Waals surface area contributed by atoms with Gasteiger partial charge in [0.1, 0.15) is 12.4 Å². The predicted octanol–water partition coefficient (Wildman–Crippen LogP) is 1.42. The Balaban J connectivity index is 1.63. The summed E-state index contributed by atoms with van der Waals surface area (Å²) in [6.45, 7) is 5.90. The maximum Gasteiger partial charge on any atom is 0.236 e. The molecule has 22 heavy (non-hydrogen) atoms. The van der Waals surface area contributed by atoms with Gasteiger partial charge in [0, 0.05) is 51.8 Å². The fraction of sp³-hybridized carbons (Fsp3) is 0.562. The van der Waals surface area contributed by atoms with Crippen LogP contribution in [0.1, 0.15) is 0 Å². The highest BCUT2D eigenvalue weighted by Crippen LogP contribution is 2.15. The monoisotopic (exact) mass is 325 g/mol. The van der Waals surface area contributed by atoms with Gasteiger partial charge in [0.2, 0.25) is 5.91 Å². The van der Waals surface area contributed by atoms with Crippen LogP contribution in [0.5, 0.6) is 5.75 Å². The largest absolute Gasteiger partial charge is 0.492 e. The molecule has 1 aliphatic heterocycles. The Morgan fingerprint density at radius 2 is 1.73 bits per heavy atom. The van der Waals surface area contributed by atoms with Crippen LogP contribution in [0.2, 0.25) is 5.02 Å². The van der Waals surface area contributed by atoms with Crippen molar-refractivity contribution in [2.75, 3.05) is 60.0 Å². The number of halogens is 1. The molecule has 122 valence electrons. The summed E-state index contributed by atoms with van der Waals surface area (Å²) in [7, 11) is 3.60. The first kappa shape index (κ1) is 17.1. The summed E-state index contributed by atoms with van der Waals surface area (Å²) in [5.74, 6) is 1.01. The van der Waals surface area contributed by atoms with E-state index in [-0.39, 0.29) is 5.91 Å². The average molecular weight is 326 g/mol. The van der Waals surface area contributed by atoms with Gasteiger partial charge >= 0.3 is 0 Å². The van der Waals surface area contributed by atoms with Crippen LogP contribution in [-0.4, -0.2) is 80.6 Å². The van der Waals surface area contributed by atoms with Gasteiger partial charge in [-0.3, -0.25) is 14.6 Å². The van der Waals surface area contributed by atoms with E-state index in [0.29, 0.717) is 13.2 Å². The third kappa shape index (κ3) is 5.48. The molecule has 0 N–H and O–H groups in total. The zero-order chi connectivity index (χ0) is 15.9. The molecule has 1 saturated heterocycles. The standard InChI is InChI=1S/C16H24ClN3O2/c1-18(2)16(21)13-20-9-7-19(8-10-20)11-12-22-15-5-3-14(17)4-6-15/h3-6H,7-13H2,1-2H3. The molecule has 0 spiro atoms. The quantitative estimate of drug-likeness (QED) is 0.792. The van der Waals surface area contributed by atoms with Gasteiger partial charge in [-0.25, -0.2) is 0 Å². The molecule has 1 fully saturated rings. The molecule has 0 radical (unpaired) electrons. The van der Waals surface area contributed by atoms with E-state index in [9.17, 15) is 4.79 Å². The normalized spacial score (nSPS) is 16.5. The van der Waals surface area contributed by atoms with Gasteiger partial charge in [-0.15, -0.1) is 0 Å². The third-order valence-electron chi connectivity index (χ3n) is 3.81. The predicted molar refractivity (Wildman–Crippen MR) is 88.5 cm³/mol.